The van der Waals surface area contributed by atoms with Crippen molar-refractivity contribution in [1.82, 2.24) is 0 Å². The molecule has 1 aromatic rings. The summed E-state index contributed by atoms with van der Waals surface area (Å²) in [4.78, 5) is 0. The molecule has 0 aromatic heterocycles. The van der Waals surface area contributed by atoms with Crippen molar-refractivity contribution in [3.63, 3.8) is 0 Å². The van der Waals surface area contributed by atoms with E-state index in [4.69, 9.17) is 4.74 Å². The van der Waals surface area contributed by atoms with Gasteiger partial charge in [-0.1, -0.05) is 6.58 Å². The fourth-order valence-electron chi connectivity index (χ4n) is 1.18. The maximum absolute atomic E-state index is 12.1. The molecule has 2 nitrogen and oxygen atoms in total. The Morgan fingerprint density at radius 1 is 1.12 bits per heavy atom. The average Bonchev–Trinajstić information content (AvgIpc) is 2.14. The van der Waals surface area contributed by atoms with E-state index in [0.717, 1.165) is 0 Å². The summed E-state index contributed by atoms with van der Waals surface area (Å²) < 4.78 is 33.8. The van der Waals surface area contributed by atoms with Crippen LogP contribution in [0.2, 0.25) is 0 Å². The minimum Gasteiger partial charge on any atom is -0.491 e. The number of halogens is 2. The number of hydrogen-bond acceptors (Lipinski definition) is 2. The molecule has 0 saturated carbocycles. The smallest absolute Gasteiger partial charge is 0.387 e. The maximum Gasteiger partial charge on any atom is 0.387 e. The Kier molecular flexibility index (Phi) is 4.28. The summed E-state index contributed by atoms with van der Waals surface area (Å²) in [5.41, 5.74) is 0.550. The molecule has 1 radical (unpaired) electrons. The second kappa shape index (κ2) is 5.49. The van der Waals surface area contributed by atoms with Crippen LogP contribution < -0.4 is 9.47 Å². The second-order valence-electron chi connectivity index (χ2n) is 3.41. The van der Waals surface area contributed by atoms with Crippen molar-refractivity contribution < 1.29 is 18.3 Å². The fraction of sp³-hybridized carbons (Fsp3) is 0.333. The lowest BCUT2D eigenvalue weighted by molar-refractivity contribution is -0.0499. The summed E-state index contributed by atoms with van der Waals surface area (Å²) in [6, 6.07) is 4.49. The Bertz CT molecular complexity index is 334. The first-order valence-corrected chi connectivity index (χ1v) is 4.81. The van der Waals surface area contributed by atoms with Gasteiger partial charge in [0.05, 0.1) is 6.10 Å². The zero-order valence-corrected chi connectivity index (χ0v) is 9.17. The van der Waals surface area contributed by atoms with Gasteiger partial charge in [0, 0.05) is 6.07 Å². The van der Waals surface area contributed by atoms with Crippen molar-refractivity contribution in [2.24, 2.45) is 0 Å². The van der Waals surface area contributed by atoms with Gasteiger partial charge in [-0.15, -0.1) is 0 Å². The van der Waals surface area contributed by atoms with Gasteiger partial charge in [-0.25, -0.2) is 0 Å². The molecule has 0 heterocycles. The van der Waals surface area contributed by atoms with Crippen molar-refractivity contribution in [2.45, 2.75) is 26.6 Å². The van der Waals surface area contributed by atoms with Gasteiger partial charge in [0.1, 0.15) is 11.5 Å². The van der Waals surface area contributed by atoms with Gasteiger partial charge in [-0.3, -0.25) is 0 Å². The number of benzene rings is 1. The third-order valence-electron chi connectivity index (χ3n) is 1.68. The van der Waals surface area contributed by atoms with E-state index in [9.17, 15) is 8.78 Å². The van der Waals surface area contributed by atoms with Crippen LogP contribution in [-0.2, 0) is 0 Å². The lowest BCUT2D eigenvalue weighted by atomic mass is 10.2. The van der Waals surface area contributed by atoms with E-state index in [0.29, 0.717) is 11.3 Å². The Labute approximate surface area is 93.5 Å². The Morgan fingerprint density at radius 3 is 2.12 bits per heavy atom. The monoisotopic (exact) mass is 227 g/mol. The predicted molar refractivity (Wildman–Crippen MR) is 56.8 cm³/mol. The Hall–Kier alpha value is -1.58. The topological polar surface area (TPSA) is 18.5 Å². The number of alkyl halides is 2. The molecule has 0 unspecified atom stereocenters. The van der Waals surface area contributed by atoms with Crippen molar-refractivity contribution >= 4 is 0 Å². The van der Waals surface area contributed by atoms with Crippen LogP contribution in [0.5, 0.6) is 11.5 Å². The molecule has 0 aliphatic carbocycles. The Balaban J connectivity index is 2.95. The first kappa shape index (κ1) is 12.5. The third kappa shape index (κ3) is 3.88. The summed E-state index contributed by atoms with van der Waals surface area (Å²) in [7, 11) is 0. The van der Waals surface area contributed by atoms with Gasteiger partial charge in [0.25, 0.3) is 0 Å². The Morgan fingerprint density at radius 2 is 1.69 bits per heavy atom. The molecule has 16 heavy (non-hydrogen) atoms. The van der Waals surface area contributed by atoms with E-state index in [2.05, 4.69) is 17.4 Å². The lowest BCUT2D eigenvalue weighted by Gasteiger charge is -2.12. The van der Waals surface area contributed by atoms with Crippen molar-refractivity contribution in [2.75, 3.05) is 0 Å². The maximum atomic E-state index is 12.1. The zero-order chi connectivity index (χ0) is 12.1. The fourth-order valence-corrected chi connectivity index (χ4v) is 1.18. The number of rotatable bonds is 5. The highest BCUT2D eigenvalue weighted by atomic mass is 19.3. The van der Waals surface area contributed by atoms with E-state index < -0.39 is 6.61 Å². The number of hydrogen-bond donors (Lipinski definition) is 0. The van der Waals surface area contributed by atoms with Crippen LogP contribution in [0.25, 0.3) is 0 Å². The normalized spacial score (nSPS) is 10.6. The summed E-state index contributed by atoms with van der Waals surface area (Å²) in [6.07, 6.45) is 2.56. The van der Waals surface area contributed by atoms with E-state index in [1.807, 2.05) is 13.8 Å². The molecule has 0 bridgehead atoms. The molecule has 0 aliphatic rings. The molecule has 0 aliphatic heterocycles. The molecule has 0 saturated heterocycles. The minimum absolute atomic E-state index is 0.0410. The highest BCUT2D eigenvalue weighted by Gasteiger charge is 2.08. The van der Waals surface area contributed by atoms with E-state index in [1.165, 1.54) is 12.1 Å². The van der Waals surface area contributed by atoms with Gasteiger partial charge in [-0.2, -0.15) is 8.78 Å². The summed E-state index contributed by atoms with van der Waals surface area (Å²) >= 11 is 0. The molecule has 0 amide bonds. The molecule has 4 heteroatoms. The molecular weight excluding hydrogens is 214 g/mol. The molecule has 1 aromatic carbocycles. The van der Waals surface area contributed by atoms with Crippen LogP contribution in [0.15, 0.2) is 24.8 Å². The van der Waals surface area contributed by atoms with Crippen LogP contribution in [-0.4, -0.2) is 12.7 Å². The highest BCUT2D eigenvalue weighted by molar-refractivity contribution is 5.40. The standard InChI is InChI=1S/C12H13F2O2/c1-4-9-5-10(15-8(2)3)7-11(6-9)16-12(13)14/h5-8,12H,1H2,2-3H3. The molecule has 0 fully saturated rings. The van der Waals surface area contributed by atoms with Gasteiger partial charge >= 0.3 is 6.61 Å². The predicted octanol–water partition coefficient (Wildman–Crippen LogP) is 3.41. The van der Waals surface area contributed by atoms with Crippen LogP contribution in [0.3, 0.4) is 0 Å². The molecule has 87 valence electrons. The molecule has 1 rings (SSSR count). The summed E-state index contributed by atoms with van der Waals surface area (Å²) in [5, 5.41) is 0. The lowest BCUT2D eigenvalue weighted by Crippen LogP contribution is -2.07. The first-order valence-electron chi connectivity index (χ1n) is 4.81. The van der Waals surface area contributed by atoms with Gasteiger partial charge in [-0.05, 0) is 37.6 Å². The SMILES string of the molecule is C=[C]c1cc(OC(C)C)cc(OC(F)F)c1. The highest BCUT2D eigenvalue weighted by Crippen LogP contribution is 2.25. The average molecular weight is 227 g/mol. The first-order chi connectivity index (χ1) is 7.51. The van der Waals surface area contributed by atoms with E-state index in [-0.39, 0.29) is 11.9 Å². The molecular formula is C12H13F2O2. The van der Waals surface area contributed by atoms with Crippen LogP contribution >= 0.6 is 0 Å². The summed E-state index contributed by atoms with van der Waals surface area (Å²) in [5.74, 6) is 0.499. The quantitative estimate of drug-likeness (QED) is 0.767. The third-order valence-corrected chi connectivity index (χ3v) is 1.68. The van der Waals surface area contributed by atoms with Crippen molar-refractivity contribution in [3.8, 4) is 11.5 Å². The molecule has 0 N–H and O–H groups in total. The van der Waals surface area contributed by atoms with Crippen LogP contribution in [0.4, 0.5) is 8.78 Å². The van der Waals surface area contributed by atoms with Crippen LogP contribution in [0, 0.1) is 6.08 Å². The van der Waals surface area contributed by atoms with Gasteiger partial charge in [0.2, 0.25) is 0 Å². The summed E-state index contributed by atoms with van der Waals surface area (Å²) in [6.45, 7) is 4.28. The largest absolute Gasteiger partial charge is 0.491 e. The molecule has 0 atom stereocenters. The van der Waals surface area contributed by atoms with E-state index >= 15 is 0 Å². The van der Waals surface area contributed by atoms with Crippen LogP contribution in [0.1, 0.15) is 19.4 Å². The van der Waals surface area contributed by atoms with E-state index in [1.54, 1.807) is 6.07 Å². The van der Waals surface area contributed by atoms with Crippen molar-refractivity contribution in [1.29, 1.82) is 0 Å². The minimum atomic E-state index is -2.85. The zero-order valence-electron chi connectivity index (χ0n) is 9.17. The molecule has 0 spiro atoms. The van der Waals surface area contributed by atoms with Gasteiger partial charge < -0.3 is 9.47 Å². The number of ether oxygens (including phenoxy) is 2. The second-order valence-corrected chi connectivity index (χ2v) is 3.41. The van der Waals surface area contributed by atoms with Gasteiger partial charge in [0.15, 0.2) is 0 Å². The van der Waals surface area contributed by atoms with Crippen molar-refractivity contribution in [3.05, 3.63) is 36.4 Å².